The highest BCUT2D eigenvalue weighted by Gasteiger charge is 2.23. The van der Waals surface area contributed by atoms with Gasteiger partial charge in [0.15, 0.2) is 0 Å². The second kappa shape index (κ2) is 9.69. The van der Waals surface area contributed by atoms with E-state index in [1.807, 2.05) is 70.3 Å². The van der Waals surface area contributed by atoms with Crippen LogP contribution in [0.1, 0.15) is 19.3 Å². The summed E-state index contributed by atoms with van der Waals surface area (Å²) in [6.45, 7) is 2.28. The molecular weight excluding hydrogens is 452 g/mol. The minimum absolute atomic E-state index is 0.0360. The van der Waals surface area contributed by atoms with Crippen molar-refractivity contribution >= 4 is 39.6 Å². The first-order valence-electron chi connectivity index (χ1n) is 12.4. The van der Waals surface area contributed by atoms with Gasteiger partial charge in [0.2, 0.25) is 5.95 Å². The van der Waals surface area contributed by atoms with Gasteiger partial charge in [-0.1, -0.05) is 12.1 Å². The topological polar surface area (TPSA) is 104 Å². The molecule has 2 aromatic carbocycles. The smallest absolute Gasteiger partial charge is 0.321 e. The number of aromatic nitrogens is 5. The number of nitrogens with one attached hydrogen (secondary N) is 3. The normalized spacial score (nSPS) is 15.9. The van der Waals surface area contributed by atoms with E-state index in [-0.39, 0.29) is 6.03 Å². The van der Waals surface area contributed by atoms with Crippen LogP contribution in [0.2, 0.25) is 0 Å². The molecule has 0 bridgehead atoms. The van der Waals surface area contributed by atoms with E-state index >= 15 is 0 Å². The Morgan fingerprint density at radius 3 is 3.03 bits per heavy atom. The van der Waals surface area contributed by atoms with E-state index in [0.717, 1.165) is 72.3 Å². The second-order valence-corrected chi connectivity index (χ2v) is 9.22. The maximum absolute atomic E-state index is 12.9. The van der Waals surface area contributed by atoms with Crippen LogP contribution < -0.4 is 10.6 Å². The molecule has 5 aromatic rings. The summed E-state index contributed by atoms with van der Waals surface area (Å²) in [6, 6.07) is 17.8. The molecule has 182 valence electrons. The van der Waals surface area contributed by atoms with Crippen LogP contribution in [0.5, 0.6) is 0 Å². The lowest BCUT2D eigenvalue weighted by Crippen LogP contribution is -2.42. The second-order valence-electron chi connectivity index (χ2n) is 9.22. The van der Waals surface area contributed by atoms with Crippen LogP contribution in [0.15, 0.2) is 73.3 Å². The number of para-hydroxylation sites is 2. The zero-order valence-electron chi connectivity index (χ0n) is 19.9. The van der Waals surface area contributed by atoms with Gasteiger partial charge < -0.3 is 20.5 Å². The SMILES string of the molecule is O=C(Nc1ccc2[nH]ccc2c1)N1CCCC(CCNc2nccc(-n3cnc4ccccc43)n2)C1. The Morgan fingerprint density at radius 2 is 2.06 bits per heavy atom. The quantitative estimate of drug-likeness (QED) is 0.316. The Labute approximate surface area is 208 Å². The molecule has 2 amide bonds. The zero-order chi connectivity index (χ0) is 24.3. The minimum Gasteiger partial charge on any atom is -0.361 e. The molecule has 3 aromatic heterocycles. The lowest BCUT2D eigenvalue weighted by atomic mass is 9.95. The molecule has 36 heavy (non-hydrogen) atoms. The maximum Gasteiger partial charge on any atom is 0.321 e. The first-order chi connectivity index (χ1) is 17.7. The number of fused-ring (bicyclic) bond motifs is 2. The molecule has 1 aliphatic heterocycles. The summed E-state index contributed by atoms with van der Waals surface area (Å²) in [5, 5.41) is 7.51. The maximum atomic E-state index is 12.9. The number of amides is 2. The number of carbonyl (C=O) groups excluding carboxylic acids is 1. The average Bonchev–Trinajstić information content (AvgIpc) is 3.56. The molecule has 1 fully saturated rings. The number of likely N-dealkylation sites (tertiary alicyclic amines) is 1. The van der Waals surface area contributed by atoms with E-state index in [4.69, 9.17) is 0 Å². The highest BCUT2D eigenvalue weighted by atomic mass is 16.2. The number of imidazole rings is 1. The Kier molecular flexibility index (Phi) is 5.95. The van der Waals surface area contributed by atoms with Crippen LogP contribution in [-0.2, 0) is 0 Å². The summed E-state index contributed by atoms with van der Waals surface area (Å²) >= 11 is 0. The van der Waals surface area contributed by atoms with Crippen LogP contribution in [0, 0.1) is 5.92 Å². The summed E-state index contributed by atoms with van der Waals surface area (Å²) in [4.78, 5) is 31.5. The van der Waals surface area contributed by atoms with Crippen molar-refractivity contribution in [2.45, 2.75) is 19.3 Å². The lowest BCUT2D eigenvalue weighted by Gasteiger charge is -2.33. The third-order valence-corrected chi connectivity index (χ3v) is 6.79. The zero-order valence-corrected chi connectivity index (χ0v) is 19.9. The van der Waals surface area contributed by atoms with Gasteiger partial charge in [-0.05, 0) is 67.6 Å². The van der Waals surface area contributed by atoms with Gasteiger partial charge in [0.1, 0.15) is 12.1 Å². The number of hydrogen-bond donors (Lipinski definition) is 3. The van der Waals surface area contributed by atoms with Gasteiger partial charge in [-0.2, -0.15) is 4.98 Å². The highest BCUT2D eigenvalue weighted by Crippen LogP contribution is 2.23. The largest absolute Gasteiger partial charge is 0.361 e. The van der Waals surface area contributed by atoms with Crippen molar-refractivity contribution in [1.82, 2.24) is 29.4 Å². The van der Waals surface area contributed by atoms with Crippen molar-refractivity contribution in [3.8, 4) is 5.82 Å². The van der Waals surface area contributed by atoms with Gasteiger partial charge in [-0.15, -0.1) is 0 Å². The fraction of sp³-hybridized carbons (Fsp3) is 0.259. The van der Waals surface area contributed by atoms with Crippen molar-refractivity contribution < 1.29 is 4.79 Å². The number of rotatable bonds is 6. The monoisotopic (exact) mass is 480 g/mol. The third-order valence-electron chi connectivity index (χ3n) is 6.79. The van der Waals surface area contributed by atoms with E-state index in [1.165, 1.54) is 0 Å². The number of benzene rings is 2. The summed E-state index contributed by atoms with van der Waals surface area (Å²) in [5.41, 5.74) is 3.82. The average molecular weight is 481 g/mol. The molecule has 3 N–H and O–H groups in total. The van der Waals surface area contributed by atoms with E-state index < -0.39 is 0 Å². The molecule has 6 rings (SSSR count). The van der Waals surface area contributed by atoms with Crippen molar-refractivity contribution in [3.05, 3.63) is 73.3 Å². The molecule has 0 saturated carbocycles. The summed E-state index contributed by atoms with van der Waals surface area (Å²) < 4.78 is 1.97. The number of H-pyrrole nitrogens is 1. The molecule has 4 heterocycles. The first kappa shape index (κ1) is 22.1. The van der Waals surface area contributed by atoms with Gasteiger partial charge in [0, 0.05) is 48.6 Å². The molecule has 0 aliphatic carbocycles. The van der Waals surface area contributed by atoms with Crippen molar-refractivity contribution in [3.63, 3.8) is 0 Å². The summed E-state index contributed by atoms with van der Waals surface area (Å²) in [6.07, 6.45) is 8.52. The predicted octanol–water partition coefficient (Wildman–Crippen LogP) is 5.04. The van der Waals surface area contributed by atoms with E-state index in [0.29, 0.717) is 11.9 Å². The fourth-order valence-electron chi connectivity index (χ4n) is 4.92. The van der Waals surface area contributed by atoms with Crippen LogP contribution in [0.3, 0.4) is 0 Å². The molecule has 1 atom stereocenters. The molecule has 0 spiro atoms. The minimum atomic E-state index is -0.0360. The predicted molar refractivity (Wildman–Crippen MR) is 141 cm³/mol. The standard InChI is InChI=1S/C27H28N8O/c36-27(32-21-7-8-22-20(16-21)10-13-28-22)34-15-3-4-19(17-34)9-12-29-26-30-14-11-25(33-26)35-18-31-23-5-1-2-6-24(23)35/h1-2,5-8,10-11,13-14,16,18-19,28H,3-4,9,12,15,17H2,(H,32,36)(H,29,30,33). The fourth-order valence-corrected chi connectivity index (χ4v) is 4.92. The molecule has 1 unspecified atom stereocenters. The van der Waals surface area contributed by atoms with Crippen molar-refractivity contribution in [2.24, 2.45) is 5.92 Å². The molecule has 9 heteroatoms. The summed E-state index contributed by atoms with van der Waals surface area (Å²) in [7, 11) is 0. The van der Waals surface area contributed by atoms with E-state index in [1.54, 1.807) is 12.5 Å². The van der Waals surface area contributed by atoms with Gasteiger partial charge in [0.05, 0.1) is 11.0 Å². The number of nitrogens with zero attached hydrogens (tertiary/aromatic N) is 5. The van der Waals surface area contributed by atoms with Crippen LogP contribution in [-0.4, -0.2) is 55.1 Å². The van der Waals surface area contributed by atoms with Crippen LogP contribution in [0.25, 0.3) is 27.8 Å². The summed E-state index contributed by atoms with van der Waals surface area (Å²) in [5.74, 6) is 1.81. The first-order valence-corrected chi connectivity index (χ1v) is 12.4. The van der Waals surface area contributed by atoms with Crippen LogP contribution in [0.4, 0.5) is 16.4 Å². The van der Waals surface area contributed by atoms with Crippen LogP contribution >= 0.6 is 0 Å². The van der Waals surface area contributed by atoms with Gasteiger partial charge in [-0.3, -0.25) is 4.57 Å². The molecular formula is C27H28N8O. The highest BCUT2D eigenvalue weighted by molar-refractivity contribution is 5.92. The van der Waals surface area contributed by atoms with Gasteiger partial charge >= 0.3 is 6.03 Å². The number of urea groups is 1. The number of piperidine rings is 1. The van der Waals surface area contributed by atoms with Crippen molar-refractivity contribution in [1.29, 1.82) is 0 Å². The molecule has 1 saturated heterocycles. The third kappa shape index (κ3) is 4.59. The Bertz CT molecular complexity index is 1510. The number of carbonyl (C=O) groups is 1. The van der Waals surface area contributed by atoms with Gasteiger partial charge in [-0.25, -0.2) is 14.8 Å². The Morgan fingerprint density at radius 1 is 1.11 bits per heavy atom. The number of hydrogen-bond acceptors (Lipinski definition) is 5. The number of aromatic amines is 1. The van der Waals surface area contributed by atoms with E-state index in [9.17, 15) is 4.79 Å². The Hall–Kier alpha value is -4.40. The van der Waals surface area contributed by atoms with Crippen molar-refractivity contribution in [2.75, 3.05) is 30.3 Å². The number of anilines is 2. The lowest BCUT2D eigenvalue weighted by molar-refractivity contribution is 0.175. The molecule has 1 aliphatic rings. The molecule has 9 nitrogen and oxygen atoms in total. The van der Waals surface area contributed by atoms with E-state index in [2.05, 4.69) is 30.6 Å². The molecule has 0 radical (unpaired) electrons. The Balaban J connectivity index is 1.03. The van der Waals surface area contributed by atoms with Gasteiger partial charge in [0.25, 0.3) is 0 Å².